The summed E-state index contributed by atoms with van der Waals surface area (Å²) in [6, 6.07) is 13.2. The first-order valence-corrected chi connectivity index (χ1v) is 12.1. The van der Waals surface area contributed by atoms with Crippen LogP contribution in [-0.2, 0) is 35.2 Å². The Morgan fingerprint density at radius 2 is 1.82 bits per heavy atom. The van der Waals surface area contributed by atoms with Gasteiger partial charge < -0.3 is 19.7 Å². The molecule has 3 aromatic rings. The molecule has 11 heteroatoms. The Hall–Kier alpha value is -3.79. The number of anilines is 1. The molecular formula is C27H21ClF4N2O4. The first-order chi connectivity index (χ1) is 18.1. The number of hydrogen-bond donors (Lipinski definition) is 1. The van der Waals surface area contributed by atoms with Gasteiger partial charge in [0.2, 0.25) is 12.0 Å². The number of fused-ring (bicyclic) bond motifs is 2. The van der Waals surface area contributed by atoms with Gasteiger partial charge in [-0.1, -0.05) is 41.9 Å². The second-order valence-electron chi connectivity index (χ2n) is 8.94. The normalized spacial score (nSPS) is 16.6. The van der Waals surface area contributed by atoms with Gasteiger partial charge in [-0.2, -0.15) is 13.2 Å². The standard InChI is InChI=1S/C27H21ClF4N2O4/c28-19-9-8-16-13-34(26(36)22-14-37-20-6-1-2-7-21(20)38-22)11-10-17(16)25(19)33-23(35)12-15-4-3-5-18(24(15)29)27(30,31)32/h1-9,22H,10-14H2,(H,33,35). The topological polar surface area (TPSA) is 67.9 Å². The van der Waals surface area contributed by atoms with E-state index >= 15 is 0 Å². The summed E-state index contributed by atoms with van der Waals surface area (Å²) < 4.78 is 65.0. The van der Waals surface area contributed by atoms with E-state index in [1.807, 2.05) is 6.07 Å². The highest BCUT2D eigenvalue weighted by molar-refractivity contribution is 6.34. The van der Waals surface area contributed by atoms with Crippen LogP contribution in [0.3, 0.4) is 0 Å². The molecule has 0 fully saturated rings. The number of carbonyl (C=O) groups is 2. The molecule has 2 aliphatic rings. The fourth-order valence-electron chi connectivity index (χ4n) is 4.59. The largest absolute Gasteiger partial charge is 0.485 e. The summed E-state index contributed by atoms with van der Waals surface area (Å²) in [5.41, 5.74) is -0.0816. The predicted octanol–water partition coefficient (Wildman–Crippen LogP) is 5.40. The van der Waals surface area contributed by atoms with Gasteiger partial charge in [-0.25, -0.2) is 4.39 Å². The van der Waals surface area contributed by atoms with Crippen LogP contribution in [0.25, 0.3) is 0 Å². The third-order valence-electron chi connectivity index (χ3n) is 6.45. The van der Waals surface area contributed by atoms with Gasteiger partial charge in [0.15, 0.2) is 11.5 Å². The highest BCUT2D eigenvalue weighted by atomic mass is 35.5. The van der Waals surface area contributed by atoms with Crippen molar-refractivity contribution in [3.8, 4) is 11.5 Å². The molecule has 0 aromatic heterocycles. The lowest BCUT2D eigenvalue weighted by atomic mass is 9.97. The van der Waals surface area contributed by atoms with E-state index in [0.29, 0.717) is 41.8 Å². The fourth-order valence-corrected chi connectivity index (χ4v) is 4.81. The maximum absolute atomic E-state index is 14.4. The molecule has 0 radical (unpaired) electrons. The van der Waals surface area contributed by atoms with Gasteiger partial charge in [-0.15, -0.1) is 0 Å². The first kappa shape index (κ1) is 25.8. The molecule has 1 N–H and O–H groups in total. The van der Waals surface area contributed by atoms with Crippen molar-refractivity contribution in [2.75, 3.05) is 18.5 Å². The van der Waals surface area contributed by atoms with Crippen molar-refractivity contribution in [1.29, 1.82) is 0 Å². The van der Waals surface area contributed by atoms with Crippen LogP contribution in [-0.4, -0.2) is 36.0 Å². The van der Waals surface area contributed by atoms with Gasteiger partial charge in [-0.3, -0.25) is 9.59 Å². The van der Waals surface area contributed by atoms with Crippen molar-refractivity contribution in [2.45, 2.75) is 31.7 Å². The van der Waals surface area contributed by atoms with E-state index in [4.69, 9.17) is 21.1 Å². The lowest BCUT2D eigenvalue weighted by Gasteiger charge is -2.34. The molecule has 6 nitrogen and oxygen atoms in total. The Morgan fingerprint density at radius 3 is 2.58 bits per heavy atom. The van der Waals surface area contributed by atoms with Gasteiger partial charge in [0.05, 0.1) is 22.7 Å². The molecule has 2 amide bonds. The smallest absolute Gasteiger partial charge is 0.419 e. The Labute approximate surface area is 220 Å². The number of nitrogens with zero attached hydrogens (tertiary/aromatic N) is 1. The SMILES string of the molecule is O=C(Cc1cccc(C(F)(F)F)c1F)Nc1c(Cl)ccc2c1CCN(C(=O)C1COc3ccccc3O1)C2. The highest BCUT2D eigenvalue weighted by Gasteiger charge is 2.36. The van der Waals surface area contributed by atoms with Crippen LogP contribution in [0.15, 0.2) is 54.6 Å². The second-order valence-corrected chi connectivity index (χ2v) is 9.34. The summed E-state index contributed by atoms with van der Waals surface area (Å²) in [6.07, 6.45) is -5.93. The molecule has 1 atom stereocenters. The van der Waals surface area contributed by atoms with E-state index < -0.39 is 36.0 Å². The van der Waals surface area contributed by atoms with Crippen molar-refractivity contribution in [2.24, 2.45) is 0 Å². The quantitative estimate of drug-likeness (QED) is 0.443. The molecule has 2 aliphatic heterocycles. The highest BCUT2D eigenvalue weighted by Crippen LogP contribution is 2.36. The van der Waals surface area contributed by atoms with Gasteiger partial charge in [-0.05, 0) is 47.4 Å². The van der Waals surface area contributed by atoms with Gasteiger partial charge >= 0.3 is 6.18 Å². The molecule has 5 rings (SSSR count). The maximum Gasteiger partial charge on any atom is 0.419 e. The summed E-state index contributed by atoms with van der Waals surface area (Å²) in [6.45, 7) is 0.629. The van der Waals surface area contributed by atoms with Crippen molar-refractivity contribution in [3.63, 3.8) is 0 Å². The number of benzene rings is 3. The number of amides is 2. The molecule has 0 spiro atoms. The molecule has 3 aromatic carbocycles. The van der Waals surface area contributed by atoms with Crippen LogP contribution in [0.2, 0.25) is 5.02 Å². The summed E-state index contributed by atoms with van der Waals surface area (Å²) in [5, 5.41) is 2.85. The van der Waals surface area contributed by atoms with Crippen LogP contribution in [0.5, 0.6) is 11.5 Å². The minimum Gasteiger partial charge on any atom is -0.485 e. The number of halogens is 5. The van der Waals surface area contributed by atoms with Gasteiger partial charge in [0, 0.05) is 13.1 Å². The molecule has 198 valence electrons. The number of rotatable bonds is 4. The molecule has 38 heavy (non-hydrogen) atoms. The number of ether oxygens (including phenoxy) is 2. The summed E-state index contributed by atoms with van der Waals surface area (Å²) >= 11 is 6.34. The van der Waals surface area contributed by atoms with Crippen LogP contribution in [0.1, 0.15) is 22.3 Å². The van der Waals surface area contributed by atoms with E-state index in [1.54, 1.807) is 35.2 Å². The van der Waals surface area contributed by atoms with Crippen molar-refractivity contribution < 1.29 is 36.6 Å². The first-order valence-electron chi connectivity index (χ1n) is 11.7. The second kappa shape index (κ2) is 10.2. The average Bonchev–Trinajstić information content (AvgIpc) is 2.90. The molecule has 0 bridgehead atoms. The number of para-hydroxylation sites is 2. The molecule has 0 saturated carbocycles. The monoisotopic (exact) mass is 548 g/mol. The van der Waals surface area contributed by atoms with Gasteiger partial charge in [0.25, 0.3) is 5.91 Å². The summed E-state index contributed by atoms with van der Waals surface area (Å²) in [5.74, 6) is -1.39. The molecule has 0 aliphatic carbocycles. The lowest BCUT2D eigenvalue weighted by Crippen LogP contribution is -2.48. The van der Waals surface area contributed by atoms with Crippen LogP contribution >= 0.6 is 11.6 Å². The third-order valence-corrected chi connectivity index (χ3v) is 6.76. The lowest BCUT2D eigenvalue weighted by molar-refractivity contribution is -0.142. The van der Waals surface area contributed by atoms with E-state index in [9.17, 15) is 27.2 Å². The van der Waals surface area contributed by atoms with Crippen LogP contribution in [0, 0.1) is 5.82 Å². The average molecular weight is 549 g/mol. The zero-order valence-electron chi connectivity index (χ0n) is 19.8. The molecule has 2 heterocycles. The summed E-state index contributed by atoms with van der Waals surface area (Å²) in [7, 11) is 0. The Kier molecular flexibility index (Phi) is 6.92. The van der Waals surface area contributed by atoms with E-state index in [0.717, 1.165) is 17.7 Å². The Morgan fingerprint density at radius 1 is 1.05 bits per heavy atom. The van der Waals surface area contributed by atoms with Crippen molar-refractivity contribution in [1.82, 2.24) is 4.90 Å². The van der Waals surface area contributed by atoms with E-state index in [1.165, 1.54) is 0 Å². The van der Waals surface area contributed by atoms with Crippen molar-refractivity contribution >= 4 is 29.1 Å². The molecule has 0 saturated heterocycles. The number of alkyl halides is 3. The number of carbonyl (C=O) groups excluding carboxylic acids is 2. The molecule has 1 unspecified atom stereocenters. The van der Waals surface area contributed by atoms with Crippen LogP contribution < -0.4 is 14.8 Å². The minimum atomic E-state index is -4.88. The third kappa shape index (κ3) is 5.13. The van der Waals surface area contributed by atoms with Crippen molar-refractivity contribution in [3.05, 3.63) is 87.7 Å². The Bertz CT molecular complexity index is 1410. The van der Waals surface area contributed by atoms with E-state index in [-0.39, 0.29) is 29.6 Å². The Balaban J connectivity index is 1.29. The minimum absolute atomic E-state index is 0.0766. The molecular weight excluding hydrogens is 528 g/mol. The van der Waals surface area contributed by atoms with E-state index in [2.05, 4.69) is 5.32 Å². The number of nitrogens with one attached hydrogen (secondary N) is 1. The fraction of sp³-hybridized carbons (Fsp3) is 0.259. The zero-order chi connectivity index (χ0) is 27.0. The zero-order valence-corrected chi connectivity index (χ0v) is 20.5. The van der Waals surface area contributed by atoms with Gasteiger partial charge in [0.1, 0.15) is 12.4 Å². The summed E-state index contributed by atoms with van der Waals surface area (Å²) in [4.78, 5) is 27.5. The predicted molar refractivity (Wildman–Crippen MR) is 131 cm³/mol. The maximum atomic E-state index is 14.4. The van der Waals surface area contributed by atoms with Crippen LogP contribution in [0.4, 0.5) is 23.2 Å². The number of hydrogen-bond acceptors (Lipinski definition) is 4.